The van der Waals surface area contributed by atoms with Gasteiger partial charge in [0, 0.05) is 35.9 Å². The van der Waals surface area contributed by atoms with Gasteiger partial charge in [-0.15, -0.1) is 11.3 Å². The molecule has 0 aliphatic carbocycles. The van der Waals surface area contributed by atoms with Crippen molar-refractivity contribution in [1.82, 2.24) is 24.9 Å². The fraction of sp³-hybridized carbons (Fsp3) is 0.0833. The van der Waals surface area contributed by atoms with Crippen molar-refractivity contribution < 1.29 is 0 Å². The topological polar surface area (TPSA) is 90.5 Å². The predicted octanol–water partition coefficient (Wildman–Crippen LogP) is 2.26. The van der Waals surface area contributed by atoms with Crippen LogP contribution >= 0.6 is 23.1 Å². The van der Waals surface area contributed by atoms with E-state index in [1.54, 1.807) is 30.9 Å². The quantitative estimate of drug-likeness (QED) is 0.739. The normalized spacial score (nSPS) is 10.6. The summed E-state index contributed by atoms with van der Waals surface area (Å²) in [7, 11) is 0. The summed E-state index contributed by atoms with van der Waals surface area (Å²) >= 11 is 3.04. The van der Waals surface area contributed by atoms with Gasteiger partial charge in [-0.25, -0.2) is 24.9 Å². The van der Waals surface area contributed by atoms with E-state index in [2.05, 4.69) is 24.9 Å². The number of aromatic nitrogens is 5. The summed E-state index contributed by atoms with van der Waals surface area (Å²) in [5.74, 6) is 1.78. The van der Waals surface area contributed by atoms with E-state index in [0.717, 1.165) is 15.7 Å². The van der Waals surface area contributed by atoms with Gasteiger partial charge in [0.25, 0.3) is 0 Å². The van der Waals surface area contributed by atoms with Crippen LogP contribution in [0.4, 0.5) is 5.82 Å². The first-order valence-corrected chi connectivity index (χ1v) is 7.60. The van der Waals surface area contributed by atoms with E-state index < -0.39 is 0 Å². The lowest BCUT2D eigenvalue weighted by molar-refractivity contribution is 1.07. The number of nitrogens with two attached hydrogens (primary N) is 1. The Morgan fingerprint density at radius 1 is 1.05 bits per heavy atom. The van der Waals surface area contributed by atoms with Gasteiger partial charge in [0.1, 0.15) is 5.03 Å². The molecule has 0 aliphatic heterocycles. The molecule has 2 N–H and O–H groups in total. The summed E-state index contributed by atoms with van der Waals surface area (Å²) in [5.41, 5.74) is 6.70. The number of hydrogen-bond donors (Lipinski definition) is 1. The lowest BCUT2D eigenvalue weighted by Crippen LogP contribution is -1.95. The Labute approximate surface area is 123 Å². The Hall–Kier alpha value is -2.06. The number of hydrogen-bond acceptors (Lipinski definition) is 8. The van der Waals surface area contributed by atoms with Gasteiger partial charge in [0.05, 0.1) is 5.69 Å². The SMILES string of the molecule is Nc1nccnc1SCc1csc(-c2ncccn2)n1. The molecule has 0 amide bonds. The van der Waals surface area contributed by atoms with Gasteiger partial charge in [0.2, 0.25) is 0 Å². The first-order valence-electron chi connectivity index (χ1n) is 5.74. The van der Waals surface area contributed by atoms with Crippen LogP contribution in [-0.4, -0.2) is 24.9 Å². The van der Waals surface area contributed by atoms with Gasteiger partial charge in [-0.2, -0.15) is 0 Å². The minimum Gasteiger partial charge on any atom is -0.381 e. The van der Waals surface area contributed by atoms with Crippen molar-refractivity contribution >= 4 is 28.9 Å². The lowest BCUT2D eigenvalue weighted by Gasteiger charge is -2.00. The number of nitrogen functional groups attached to an aromatic ring is 1. The molecule has 0 unspecified atom stereocenters. The number of rotatable bonds is 4. The summed E-state index contributed by atoms with van der Waals surface area (Å²) in [6, 6.07) is 1.78. The van der Waals surface area contributed by atoms with Crippen molar-refractivity contribution in [3.63, 3.8) is 0 Å². The monoisotopic (exact) mass is 302 g/mol. The van der Waals surface area contributed by atoms with Gasteiger partial charge in [-0.3, -0.25) is 0 Å². The molecule has 6 nitrogen and oxygen atoms in total. The first-order chi connectivity index (χ1) is 9.83. The molecule has 3 heterocycles. The molecule has 0 bridgehead atoms. The minimum atomic E-state index is 0.444. The van der Waals surface area contributed by atoms with Gasteiger partial charge in [0.15, 0.2) is 16.6 Å². The van der Waals surface area contributed by atoms with E-state index in [0.29, 0.717) is 17.4 Å². The van der Waals surface area contributed by atoms with E-state index in [9.17, 15) is 0 Å². The summed E-state index contributed by atoms with van der Waals surface area (Å²) < 4.78 is 0. The van der Waals surface area contributed by atoms with Crippen LogP contribution in [0.2, 0.25) is 0 Å². The van der Waals surface area contributed by atoms with Gasteiger partial charge in [-0.05, 0) is 6.07 Å². The fourth-order valence-electron chi connectivity index (χ4n) is 1.48. The highest BCUT2D eigenvalue weighted by Gasteiger charge is 2.08. The molecule has 3 rings (SSSR count). The molecule has 100 valence electrons. The van der Waals surface area contributed by atoms with Crippen LogP contribution in [0.15, 0.2) is 41.3 Å². The molecule has 0 saturated heterocycles. The second kappa shape index (κ2) is 5.93. The summed E-state index contributed by atoms with van der Waals surface area (Å²) in [6.45, 7) is 0. The maximum atomic E-state index is 5.75. The number of thiazole rings is 1. The third-order valence-corrected chi connectivity index (χ3v) is 4.27. The minimum absolute atomic E-state index is 0.444. The van der Waals surface area contributed by atoms with Gasteiger partial charge in [-0.1, -0.05) is 11.8 Å². The number of anilines is 1. The average molecular weight is 302 g/mol. The van der Waals surface area contributed by atoms with Crippen LogP contribution in [-0.2, 0) is 5.75 Å². The zero-order valence-electron chi connectivity index (χ0n) is 10.3. The molecule has 0 fully saturated rings. The second-order valence-electron chi connectivity index (χ2n) is 3.75. The van der Waals surface area contributed by atoms with Crippen molar-refractivity contribution in [3.8, 4) is 10.8 Å². The molecule has 0 atom stereocenters. The van der Waals surface area contributed by atoms with E-state index >= 15 is 0 Å². The van der Waals surface area contributed by atoms with Crippen molar-refractivity contribution in [2.24, 2.45) is 0 Å². The highest BCUT2D eigenvalue weighted by atomic mass is 32.2. The molecule has 3 aromatic heterocycles. The third-order valence-electron chi connectivity index (χ3n) is 2.36. The summed E-state index contributed by atoms with van der Waals surface area (Å²) in [6.07, 6.45) is 6.62. The smallest absolute Gasteiger partial charge is 0.188 e. The third kappa shape index (κ3) is 2.91. The maximum Gasteiger partial charge on any atom is 0.188 e. The van der Waals surface area contributed by atoms with Crippen LogP contribution in [0.3, 0.4) is 0 Å². The van der Waals surface area contributed by atoms with Crippen LogP contribution in [0.25, 0.3) is 10.8 Å². The van der Waals surface area contributed by atoms with Crippen molar-refractivity contribution in [2.45, 2.75) is 10.8 Å². The standard InChI is InChI=1S/C12H10N6S2/c13-9-11(17-5-4-14-9)19-6-8-7-20-12(18-8)10-15-2-1-3-16-10/h1-5,7H,6H2,(H2,13,14). The average Bonchev–Trinajstić information content (AvgIpc) is 2.96. The Morgan fingerprint density at radius 3 is 2.65 bits per heavy atom. The molecule has 0 aliphatic rings. The zero-order chi connectivity index (χ0) is 13.8. The van der Waals surface area contributed by atoms with Crippen LogP contribution in [0, 0.1) is 0 Å². The van der Waals surface area contributed by atoms with Gasteiger partial charge < -0.3 is 5.73 Å². The predicted molar refractivity (Wildman–Crippen MR) is 79.1 cm³/mol. The van der Waals surface area contributed by atoms with Crippen LogP contribution < -0.4 is 5.73 Å². The number of thioether (sulfide) groups is 1. The van der Waals surface area contributed by atoms with E-state index in [1.807, 2.05) is 5.38 Å². The molecular formula is C12H10N6S2. The lowest BCUT2D eigenvalue weighted by atomic mass is 10.5. The molecule has 3 aromatic rings. The van der Waals surface area contributed by atoms with E-state index in [1.165, 1.54) is 23.1 Å². The summed E-state index contributed by atoms with van der Waals surface area (Å²) in [5, 5.41) is 3.52. The van der Waals surface area contributed by atoms with Gasteiger partial charge >= 0.3 is 0 Å². The van der Waals surface area contributed by atoms with Crippen molar-refractivity contribution in [2.75, 3.05) is 5.73 Å². The highest BCUT2D eigenvalue weighted by Crippen LogP contribution is 2.27. The summed E-state index contributed by atoms with van der Waals surface area (Å²) in [4.78, 5) is 21.1. The molecule has 8 heteroatoms. The van der Waals surface area contributed by atoms with E-state index in [-0.39, 0.29) is 0 Å². The Bertz CT molecular complexity index is 700. The van der Waals surface area contributed by atoms with Crippen molar-refractivity contribution in [3.05, 3.63) is 41.9 Å². The maximum absolute atomic E-state index is 5.75. The first kappa shape index (κ1) is 12.9. The molecule has 0 aromatic carbocycles. The molecule has 0 radical (unpaired) electrons. The van der Waals surface area contributed by atoms with Crippen LogP contribution in [0.1, 0.15) is 5.69 Å². The Balaban J connectivity index is 1.71. The molecule has 20 heavy (non-hydrogen) atoms. The van der Waals surface area contributed by atoms with Crippen molar-refractivity contribution in [1.29, 1.82) is 0 Å². The molecule has 0 spiro atoms. The fourth-order valence-corrected chi connectivity index (χ4v) is 3.11. The molecular weight excluding hydrogens is 292 g/mol. The second-order valence-corrected chi connectivity index (χ2v) is 5.57. The highest BCUT2D eigenvalue weighted by molar-refractivity contribution is 7.98. The van der Waals surface area contributed by atoms with E-state index in [4.69, 9.17) is 5.73 Å². The largest absolute Gasteiger partial charge is 0.381 e. The Morgan fingerprint density at radius 2 is 1.85 bits per heavy atom. The Kier molecular flexibility index (Phi) is 3.84. The molecule has 0 saturated carbocycles. The number of nitrogens with zero attached hydrogens (tertiary/aromatic N) is 5. The zero-order valence-corrected chi connectivity index (χ0v) is 11.9. The van der Waals surface area contributed by atoms with Crippen LogP contribution in [0.5, 0.6) is 0 Å².